The van der Waals surface area contributed by atoms with Gasteiger partial charge in [-0.25, -0.2) is 13.8 Å². The molecular formula is C29H30F2N4O4. The lowest BCUT2D eigenvalue weighted by Gasteiger charge is -2.12. The Bertz CT molecular complexity index is 1510. The predicted molar refractivity (Wildman–Crippen MR) is 143 cm³/mol. The number of pyridine rings is 2. The number of carbonyl (C=O) groups is 1. The van der Waals surface area contributed by atoms with Gasteiger partial charge in [0.25, 0.3) is 11.5 Å². The van der Waals surface area contributed by atoms with E-state index in [1.165, 1.54) is 6.07 Å². The SMILES string of the molecule is Nc1c(C(=O)NCc2ccc(F)cc2F)c(=O)n(O)c2ncc(CCCCCCOCc3ccccc3)cc12. The Kier molecular flexibility index (Phi) is 9.22. The number of halogens is 2. The van der Waals surface area contributed by atoms with E-state index < -0.39 is 28.7 Å². The first-order valence-electron chi connectivity index (χ1n) is 12.7. The summed E-state index contributed by atoms with van der Waals surface area (Å²) in [6.07, 6.45) is 6.09. The number of amides is 1. The minimum atomic E-state index is -1.05. The third kappa shape index (κ3) is 6.97. The molecule has 0 fully saturated rings. The zero-order chi connectivity index (χ0) is 27.8. The number of hydrogen-bond donors (Lipinski definition) is 3. The van der Waals surface area contributed by atoms with Crippen LogP contribution >= 0.6 is 0 Å². The maximum Gasteiger partial charge on any atom is 0.299 e. The van der Waals surface area contributed by atoms with E-state index in [4.69, 9.17) is 10.5 Å². The second kappa shape index (κ2) is 13.0. The molecule has 0 bridgehead atoms. The molecule has 39 heavy (non-hydrogen) atoms. The average molecular weight is 537 g/mol. The maximum atomic E-state index is 13.9. The van der Waals surface area contributed by atoms with E-state index in [1.807, 2.05) is 30.3 Å². The van der Waals surface area contributed by atoms with Gasteiger partial charge in [0.2, 0.25) is 0 Å². The highest BCUT2D eigenvalue weighted by Crippen LogP contribution is 2.23. The first kappa shape index (κ1) is 27.7. The van der Waals surface area contributed by atoms with Crippen molar-refractivity contribution in [3.8, 4) is 0 Å². The highest BCUT2D eigenvalue weighted by Gasteiger charge is 2.22. The molecular weight excluding hydrogens is 506 g/mol. The van der Waals surface area contributed by atoms with Crippen LogP contribution in [-0.2, 0) is 24.3 Å². The molecule has 2 heterocycles. The molecule has 0 atom stereocenters. The van der Waals surface area contributed by atoms with Crippen molar-refractivity contribution in [3.05, 3.63) is 105 Å². The van der Waals surface area contributed by atoms with Crippen LogP contribution in [0.4, 0.5) is 14.5 Å². The summed E-state index contributed by atoms with van der Waals surface area (Å²) in [6, 6.07) is 14.7. The quantitative estimate of drug-likeness (QED) is 0.178. The molecule has 2 aromatic carbocycles. The number of anilines is 1. The summed E-state index contributed by atoms with van der Waals surface area (Å²) < 4.78 is 33.0. The second-order valence-corrected chi connectivity index (χ2v) is 9.24. The molecule has 4 aromatic rings. The summed E-state index contributed by atoms with van der Waals surface area (Å²) in [7, 11) is 0. The van der Waals surface area contributed by atoms with Crippen molar-refractivity contribution in [2.24, 2.45) is 0 Å². The van der Waals surface area contributed by atoms with Crippen LogP contribution in [0, 0.1) is 11.6 Å². The summed E-state index contributed by atoms with van der Waals surface area (Å²) in [5, 5.41) is 13.0. The van der Waals surface area contributed by atoms with Gasteiger partial charge in [-0.2, -0.15) is 0 Å². The van der Waals surface area contributed by atoms with Crippen LogP contribution in [0.25, 0.3) is 11.0 Å². The highest BCUT2D eigenvalue weighted by molar-refractivity contribution is 6.05. The summed E-state index contributed by atoms with van der Waals surface area (Å²) in [6.45, 7) is 0.989. The number of carbonyl (C=O) groups excluding carboxylic acids is 1. The lowest BCUT2D eigenvalue weighted by atomic mass is 10.0. The van der Waals surface area contributed by atoms with Crippen LogP contribution < -0.4 is 16.6 Å². The fourth-order valence-corrected chi connectivity index (χ4v) is 4.26. The van der Waals surface area contributed by atoms with E-state index >= 15 is 0 Å². The van der Waals surface area contributed by atoms with Crippen LogP contribution in [0.5, 0.6) is 0 Å². The first-order valence-corrected chi connectivity index (χ1v) is 12.7. The number of hydrogen-bond acceptors (Lipinski definition) is 6. The Labute approximate surface area is 224 Å². The highest BCUT2D eigenvalue weighted by atomic mass is 19.1. The summed E-state index contributed by atoms with van der Waals surface area (Å²) in [5.74, 6) is -2.48. The van der Waals surface area contributed by atoms with Gasteiger partial charge in [0.05, 0.1) is 12.3 Å². The molecule has 0 unspecified atom stereocenters. The maximum absolute atomic E-state index is 13.9. The molecule has 10 heteroatoms. The lowest BCUT2D eigenvalue weighted by Crippen LogP contribution is -2.34. The number of ether oxygens (including phenoxy) is 1. The van der Waals surface area contributed by atoms with Crippen molar-refractivity contribution in [2.45, 2.75) is 45.3 Å². The van der Waals surface area contributed by atoms with Crippen molar-refractivity contribution in [3.63, 3.8) is 0 Å². The summed E-state index contributed by atoms with van der Waals surface area (Å²) >= 11 is 0. The van der Waals surface area contributed by atoms with E-state index in [0.717, 1.165) is 42.9 Å². The molecule has 2 aromatic heterocycles. The van der Waals surface area contributed by atoms with E-state index in [9.17, 15) is 23.6 Å². The smallest absolute Gasteiger partial charge is 0.299 e. The Hall–Kier alpha value is -4.31. The predicted octanol–water partition coefficient (Wildman–Crippen LogP) is 4.74. The molecule has 0 radical (unpaired) electrons. The van der Waals surface area contributed by atoms with Gasteiger partial charge in [0.15, 0.2) is 5.65 Å². The fraction of sp³-hybridized carbons (Fsp3) is 0.276. The van der Waals surface area contributed by atoms with Gasteiger partial charge in [-0.05, 0) is 42.5 Å². The standard InChI is InChI=1S/C29H30F2N4O4/c30-22-12-11-21(24(31)15-22)17-34-28(36)25-26(32)23-14-20(16-33-27(23)35(38)29(25)37)10-4-1-2-7-13-39-18-19-8-5-3-6-9-19/h3,5-6,8-9,11-12,14-16,38H,1-2,4,7,10,13,17-18,32H2,(H,34,36). The number of nitrogens with one attached hydrogen (secondary N) is 1. The van der Waals surface area contributed by atoms with Crippen LogP contribution in [0.2, 0.25) is 0 Å². The summed E-state index contributed by atoms with van der Waals surface area (Å²) in [4.78, 5) is 29.6. The zero-order valence-electron chi connectivity index (χ0n) is 21.3. The lowest BCUT2D eigenvalue weighted by molar-refractivity contribution is 0.0944. The molecule has 8 nitrogen and oxygen atoms in total. The van der Waals surface area contributed by atoms with E-state index in [-0.39, 0.29) is 33.6 Å². The number of rotatable bonds is 12. The summed E-state index contributed by atoms with van der Waals surface area (Å²) in [5.41, 5.74) is 6.46. The third-order valence-corrected chi connectivity index (χ3v) is 6.39. The van der Waals surface area contributed by atoms with Gasteiger partial charge in [-0.3, -0.25) is 9.59 Å². The topological polar surface area (TPSA) is 119 Å². The normalized spacial score (nSPS) is 11.1. The van der Waals surface area contributed by atoms with Crippen molar-refractivity contribution in [2.75, 3.05) is 12.3 Å². The number of nitrogen functional groups attached to an aromatic ring is 1. The number of aromatic nitrogens is 2. The monoisotopic (exact) mass is 536 g/mol. The second-order valence-electron chi connectivity index (χ2n) is 9.24. The molecule has 0 saturated carbocycles. The van der Waals surface area contributed by atoms with Crippen LogP contribution in [0.3, 0.4) is 0 Å². The zero-order valence-corrected chi connectivity index (χ0v) is 21.3. The van der Waals surface area contributed by atoms with Gasteiger partial charge in [0, 0.05) is 36.4 Å². The Balaban J connectivity index is 1.34. The number of fused-ring (bicyclic) bond motifs is 1. The number of nitrogens with two attached hydrogens (primary N) is 1. The van der Waals surface area contributed by atoms with E-state index in [1.54, 1.807) is 12.3 Å². The largest absolute Gasteiger partial charge is 0.423 e. The minimum Gasteiger partial charge on any atom is -0.423 e. The number of aryl methyl sites for hydroxylation is 1. The Morgan fingerprint density at radius 3 is 2.56 bits per heavy atom. The van der Waals surface area contributed by atoms with Crippen molar-refractivity contribution >= 4 is 22.6 Å². The van der Waals surface area contributed by atoms with Gasteiger partial charge in [-0.1, -0.05) is 49.2 Å². The van der Waals surface area contributed by atoms with Crippen molar-refractivity contribution in [1.82, 2.24) is 15.0 Å². The Morgan fingerprint density at radius 1 is 1.03 bits per heavy atom. The van der Waals surface area contributed by atoms with Crippen molar-refractivity contribution in [1.29, 1.82) is 0 Å². The fourth-order valence-electron chi connectivity index (χ4n) is 4.26. The molecule has 0 saturated heterocycles. The number of nitrogens with zero attached hydrogens (tertiary/aromatic N) is 2. The van der Waals surface area contributed by atoms with Crippen LogP contribution in [0.15, 0.2) is 65.6 Å². The van der Waals surface area contributed by atoms with E-state index in [0.29, 0.717) is 25.7 Å². The van der Waals surface area contributed by atoms with E-state index in [2.05, 4.69) is 10.3 Å². The van der Waals surface area contributed by atoms with Crippen molar-refractivity contribution < 1.29 is 23.5 Å². The first-order chi connectivity index (χ1) is 18.8. The van der Waals surface area contributed by atoms with Gasteiger partial charge >= 0.3 is 0 Å². The molecule has 204 valence electrons. The molecule has 0 aliphatic rings. The van der Waals surface area contributed by atoms with Crippen LogP contribution in [-0.4, -0.2) is 27.4 Å². The molecule has 4 N–H and O–H groups in total. The molecule has 4 rings (SSSR count). The molecule has 0 aliphatic carbocycles. The molecule has 0 aliphatic heterocycles. The Morgan fingerprint density at radius 2 is 1.79 bits per heavy atom. The number of unbranched alkanes of at least 4 members (excludes halogenated alkanes) is 3. The average Bonchev–Trinajstić information content (AvgIpc) is 2.93. The third-order valence-electron chi connectivity index (χ3n) is 6.39. The molecule has 0 spiro atoms. The minimum absolute atomic E-state index is 0.0279. The van der Waals surface area contributed by atoms with Gasteiger partial charge < -0.3 is 21.0 Å². The van der Waals surface area contributed by atoms with Gasteiger partial charge in [0.1, 0.15) is 17.2 Å². The number of benzene rings is 2. The van der Waals surface area contributed by atoms with Gasteiger partial charge in [-0.15, -0.1) is 4.73 Å². The van der Waals surface area contributed by atoms with Crippen LogP contribution in [0.1, 0.15) is 52.7 Å². The molecule has 1 amide bonds.